The van der Waals surface area contributed by atoms with Crippen LogP contribution in [0, 0.1) is 0 Å². The fourth-order valence-corrected chi connectivity index (χ4v) is 0. The number of hydrogen-bond acceptors (Lipinski definition) is 0. The standard InChI is InChI=1S/C3H8BrN/c1-3(4)2-5/h3H,2,5H2,1H3/p+1. The maximum atomic E-state index is 3.64. The van der Waals surface area contributed by atoms with E-state index in [1.807, 2.05) is 0 Å². The smallest absolute Gasteiger partial charge is 0.0864 e. The lowest BCUT2D eigenvalue weighted by molar-refractivity contribution is -0.365. The highest BCUT2D eigenvalue weighted by atomic mass is 79.9. The number of quaternary nitrogens is 1. The molecule has 0 saturated carbocycles. The predicted molar refractivity (Wildman–Crippen MR) is 26.1 cm³/mol. The van der Waals surface area contributed by atoms with E-state index < -0.39 is 0 Å². The minimum atomic E-state index is 0.586. The molecule has 0 aliphatic carbocycles. The molecule has 0 aromatic rings. The fraction of sp³-hybridized carbons (Fsp3) is 1.00. The molecule has 2 heteroatoms. The van der Waals surface area contributed by atoms with Gasteiger partial charge in [-0.2, -0.15) is 0 Å². The summed E-state index contributed by atoms with van der Waals surface area (Å²) in [5, 5.41) is 0. The third kappa shape index (κ3) is 4.44. The van der Waals surface area contributed by atoms with Crippen molar-refractivity contribution in [2.75, 3.05) is 6.54 Å². The van der Waals surface area contributed by atoms with Gasteiger partial charge in [0.15, 0.2) is 0 Å². The van der Waals surface area contributed by atoms with Crippen molar-refractivity contribution in [1.29, 1.82) is 0 Å². The van der Waals surface area contributed by atoms with Crippen molar-refractivity contribution < 1.29 is 5.73 Å². The van der Waals surface area contributed by atoms with Gasteiger partial charge in [-0.15, -0.1) is 0 Å². The lowest BCUT2D eigenvalue weighted by atomic mass is 10.5. The van der Waals surface area contributed by atoms with E-state index in [1.54, 1.807) is 0 Å². The third-order valence-corrected chi connectivity index (χ3v) is 0.856. The van der Waals surface area contributed by atoms with E-state index in [1.165, 1.54) is 0 Å². The Morgan fingerprint density at radius 3 is 2.20 bits per heavy atom. The second kappa shape index (κ2) is 2.67. The summed E-state index contributed by atoms with van der Waals surface area (Å²) in [6.45, 7) is 3.05. The molecular weight excluding hydrogens is 130 g/mol. The molecule has 5 heavy (non-hydrogen) atoms. The van der Waals surface area contributed by atoms with Crippen molar-refractivity contribution in [1.82, 2.24) is 0 Å². The second-order valence-corrected chi connectivity index (χ2v) is 2.63. The highest BCUT2D eigenvalue weighted by molar-refractivity contribution is 9.09. The fourth-order valence-electron chi connectivity index (χ4n) is 0. The van der Waals surface area contributed by atoms with E-state index in [2.05, 4.69) is 28.6 Å². The van der Waals surface area contributed by atoms with Gasteiger partial charge in [-0.1, -0.05) is 15.9 Å². The van der Waals surface area contributed by atoms with Crippen LogP contribution in [0.2, 0.25) is 0 Å². The zero-order valence-electron chi connectivity index (χ0n) is 3.37. The molecule has 0 amide bonds. The van der Waals surface area contributed by atoms with Crippen LogP contribution < -0.4 is 5.73 Å². The Morgan fingerprint density at radius 2 is 2.20 bits per heavy atom. The first-order valence-corrected chi connectivity index (χ1v) is 2.62. The Kier molecular flexibility index (Phi) is 2.90. The summed E-state index contributed by atoms with van der Waals surface area (Å²) in [7, 11) is 0. The number of alkyl halides is 1. The van der Waals surface area contributed by atoms with Crippen molar-refractivity contribution in [2.45, 2.75) is 11.8 Å². The highest BCUT2D eigenvalue weighted by Gasteiger charge is 1.86. The van der Waals surface area contributed by atoms with Crippen LogP contribution in [-0.4, -0.2) is 11.4 Å². The molecule has 0 heterocycles. The maximum absolute atomic E-state index is 3.64. The molecule has 32 valence electrons. The van der Waals surface area contributed by atoms with E-state index in [0.717, 1.165) is 6.54 Å². The summed E-state index contributed by atoms with van der Waals surface area (Å²) in [4.78, 5) is 0.586. The van der Waals surface area contributed by atoms with Crippen LogP contribution in [0.4, 0.5) is 0 Å². The molecule has 1 unspecified atom stereocenters. The molecule has 0 aliphatic rings. The number of hydrogen-bond donors (Lipinski definition) is 1. The monoisotopic (exact) mass is 138 g/mol. The van der Waals surface area contributed by atoms with E-state index in [0.29, 0.717) is 4.83 Å². The average molecular weight is 139 g/mol. The van der Waals surface area contributed by atoms with Gasteiger partial charge in [0.25, 0.3) is 0 Å². The molecule has 0 fully saturated rings. The first kappa shape index (κ1) is 5.44. The first-order valence-electron chi connectivity index (χ1n) is 1.70. The van der Waals surface area contributed by atoms with E-state index in [-0.39, 0.29) is 0 Å². The lowest BCUT2D eigenvalue weighted by Gasteiger charge is -1.85. The summed E-state index contributed by atoms with van der Waals surface area (Å²) in [6, 6.07) is 0. The van der Waals surface area contributed by atoms with Crippen molar-refractivity contribution >= 4 is 15.9 Å². The quantitative estimate of drug-likeness (QED) is 0.495. The third-order valence-electron chi connectivity index (χ3n) is 0.398. The Morgan fingerprint density at radius 1 is 2.00 bits per heavy atom. The van der Waals surface area contributed by atoms with Crippen molar-refractivity contribution in [2.24, 2.45) is 0 Å². The van der Waals surface area contributed by atoms with Crippen LogP contribution in [0.3, 0.4) is 0 Å². The Balaban J connectivity index is 2.54. The molecule has 0 bridgehead atoms. The zero-order valence-corrected chi connectivity index (χ0v) is 4.96. The molecule has 0 radical (unpaired) electrons. The van der Waals surface area contributed by atoms with Gasteiger partial charge in [0.1, 0.15) is 0 Å². The van der Waals surface area contributed by atoms with Crippen LogP contribution in [0.5, 0.6) is 0 Å². The van der Waals surface area contributed by atoms with Crippen LogP contribution in [0.25, 0.3) is 0 Å². The molecule has 1 atom stereocenters. The largest absolute Gasteiger partial charge is 0.357 e. The minimum Gasteiger partial charge on any atom is -0.357 e. The summed E-state index contributed by atoms with van der Waals surface area (Å²) in [6.07, 6.45) is 0. The zero-order chi connectivity index (χ0) is 4.28. The molecule has 3 N–H and O–H groups in total. The van der Waals surface area contributed by atoms with Gasteiger partial charge < -0.3 is 5.73 Å². The maximum Gasteiger partial charge on any atom is 0.0864 e. The SMILES string of the molecule is CC(Br)C[NH3+]. The molecule has 0 aromatic heterocycles. The molecule has 0 spiro atoms. The molecular formula is C3H9BrN+. The summed E-state index contributed by atoms with van der Waals surface area (Å²) in [5.74, 6) is 0. The van der Waals surface area contributed by atoms with E-state index >= 15 is 0 Å². The van der Waals surface area contributed by atoms with Gasteiger partial charge in [-0.05, 0) is 6.92 Å². The topological polar surface area (TPSA) is 27.6 Å². The minimum absolute atomic E-state index is 0.586. The van der Waals surface area contributed by atoms with Crippen molar-refractivity contribution in [3.8, 4) is 0 Å². The van der Waals surface area contributed by atoms with Gasteiger partial charge in [0, 0.05) is 0 Å². The van der Waals surface area contributed by atoms with Crippen LogP contribution >= 0.6 is 15.9 Å². The molecule has 1 nitrogen and oxygen atoms in total. The summed E-state index contributed by atoms with van der Waals surface area (Å²) < 4.78 is 0. The van der Waals surface area contributed by atoms with E-state index in [4.69, 9.17) is 0 Å². The van der Waals surface area contributed by atoms with Crippen LogP contribution in [0.1, 0.15) is 6.92 Å². The first-order chi connectivity index (χ1) is 2.27. The van der Waals surface area contributed by atoms with Gasteiger partial charge >= 0.3 is 0 Å². The summed E-state index contributed by atoms with van der Waals surface area (Å²) in [5.41, 5.74) is 3.64. The average Bonchev–Trinajstić information content (AvgIpc) is 1.38. The lowest BCUT2D eigenvalue weighted by Crippen LogP contribution is -2.53. The van der Waals surface area contributed by atoms with Crippen LogP contribution in [-0.2, 0) is 0 Å². The normalized spacial score (nSPS) is 15.0. The number of rotatable bonds is 1. The second-order valence-electron chi connectivity index (χ2n) is 1.07. The van der Waals surface area contributed by atoms with Gasteiger partial charge in [-0.25, -0.2) is 0 Å². The van der Waals surface area contributed by atoms with Gasteiger partial charge in [0.05, 0.1) is 11.4 Å². The van der Waals surface area contributed by atoms with Crippen LogP contribution in [0.15, 0.2) is 0 Å². The van der Waals surface area contributed by atoms with Gasteiger partial charge in [-0.3, -0.25) is 0 Å². The molecule has 0 aromatic carbocycles. The predicted octanol–water partition coefficient (Wildman–Crippen LogP) is 0.0117. The molecule has 0 rings (SSSR count). The Bertz CT molecular complexity index is 20.9. The molecule has 0 saturated heterocycles. The highest BCUT2D eigenvalue weighted by Crippen LogP contribution is 1.88. The Hall–Kier alpha value is 0.440. The Labute approximate surface area is 40.7 Å². The van der Waals surface area contributed by atoms with Gasteiger partial charge in [0.2, 0.25) is 0 Å². The summed E-state index contributed by atoms with van der Waals surface area (Å²) >= 11 is 3.31. The molecule has 0 aliphatic heterocycles. The number of halogens is 1. The van der Waals surface area contributed by atoms with Crippen molar-refractivity contribution in [3.05, 3.63) is 0 Å². The van der Waals surface area contributed by atoms with Crippen molar-refractivity contribution in [3.63, 3.8) is 0 Å². The van der Waals surface area contributed by atoms with E-state index in [9.17, 15) is 0 Å².